The van der Waals surface area contributed by atoms with Crippen LogP contribution in [0.5, 0.6) is 11.5 Å². The van der Waals surface area contributed by atoms with E-state index in [2.05, 4.69) is 20.9 Å². The van der Waals surface area contributed by atoms with Crippen LogP contribution in [0.25, 0.3) is 17.3 Å². The Bertz CT molecular complexity index is 1970. The fourth-order valence-corrected chi connectivity index (χ4v) is 6.07. The SMILES string of the molecule is COc1ccc(-c2csc(NC(=O)CSc3cccc(NC(=O)/C(=C\c4c(F)cccc4Cl)NC(=O)c4ccccc4)c3)n2)cc1OC. The van der Waals surface area contributed by atoms with Gasteiger partial charge in [0.15, 0.2) is 16.6 Å². The monoisotopic (exact) mass is 702 g/mol. The van der Waals surface area contributed by atoms with E-state index in [0.717, 1.165) is 5.56 Å². The molecule has 0 atom stereocenters. The number of anilines is 2. The average molecular weight is 703 g/mol. The van der Waals surface area contributed by atoms with E-state index >= 15 is 0 Å². The Morgan fingerprint density at radius 2 is 1.69 bits per heavy atom. The highest BCUT2D eigenvalue weighted by Gasteiger charge is 2.18. The molecule has 0 bridgehead atoms. The van der Waals surface area contributed by atoms with Gasteiger partial charge in [-0.15, -0.1) is 23.1 Å². The van der Waals surface area contributed by atoms with Gasteiger partial charge in [-0.3, -0.25) is 14.4 Å². The van der Waals surface area contributed by atoms with Crippen molar-refractivity contribution in [2.45, 2.75) is 4.90 Å². The molecule has 3 amide bonds. The lowest BCUT2D eigenvalue weighted by Gasteiger charge is -2.13. The second kappa shape index (κ2) is 16.1. The standard InChI is InChI=1S/C35H28ClFN4O5S2/c1-45-30-15-14-22(16-31(30)46-2)29-19-48-35(40-29)41-32(42)20-47-24-11-6-10-23(17-24)38-34(44)28(18-25-26(36)12-7-13-27(25)37)39-33(43)21-8-4-3-5-9-21/h3-19H,20H2,1-2H3,(H,38,44)(H,39,43)(H,40,41,42)/b28-18+. The predicted molar refractivity (Wildman–Crippen MR) is 188 cm³/mol. The Morgan fingerprint density at radius 3 is 2.44 bits per heavy atom. The maximum atomic E-state index is 14.6. The Morgan fingerprint density at radius 1 is 0.917 bits per heavy atom. The summed E-state index contributed by atoms with van der Waals surface area (Å²) in [6, 6.07) is 24.7. The molecule has 0 saturated heterocycles. The molecule has 9 nitrogen and oxygen atoms in total. The lowest BCUT2D eigenvalue weighted by atomic mass is 10.1. The van der Waals surface area contributed by atoms with Gasteiger partial charge in [0.1, 0.15) is 11.5 Å². The maximum Gasteiger partial charge on any atom is 0.272 e. The molecule has 0 fully saturated rings. The average Bonchev–Trinajstić information content (AvgIpc) is 3.57. The van der Waals surface area contributed by atoms with Crippen molar-refractivity contribution in [3.05, 3.63) is 124 Å². The largest absolute Gasteiger partial charge is 0.493 e. The molecule has 0 aliphatic carbocycles. The number of carbonyl (C=O) groups is 3. The molecule has 0 radical (unpaired) electrons. The minimum Gasteiger partial charge on any atom is -0.493 e. The Hall–Kier alpha value is -5.17. The zero-order chi connectivity index (χ0) is 34.0. The minimum absolute atomic E-state index is 0.0518. The van der Waals surface area contributed by atoms with Crippen LogP contribution >= 0.6 is 34.7 Å². The van der Waals surface area contributed by atoms with E-state index < -0.39 is 17.6 Å². The third-order valence-electron chi connectivity index (χ3n) is 6.71. The molecule has 3 N–H and O–H groups in total. The number of rotatable bonds is 12. The topological polar surface area (TPSA) is 119 Å². The number of hydrogen-bond acceptors (Lipinski definition) is 8. The molecule has 0 aliphatic rings. The van der Waals surface area contributed by atoms with Crippen molar-refractivity contribution in [1.82, 2.24) is 10.3 Å². The van der Waals surface area contributed by atoms with E-state index in [1.165, 1.54) is 47.4 Å². The van der Waals surface area contributed by atoms with Crippen molar-refractivity contribution in [3.8, 4) is 22.8 Å². The summed E-state index contributed by atoms with van der Waals surface area (Å²) < 4.78 is 25.3. The number of methoxy groups -OCH3 is 2. The number of benzene rings is 4. The first-order valence-corrected chi connectivity index (χ1v) is 16.5. The van der Waals surface area contributed by atoms with E-state index in [1.54, 1.807) is 74.9 Å². The van der Waals surface area contributed by atoms with E-state index in [0.29, 0.717) is 38.5 Å². The number of aromatic nitrogens is 1. The van der Waals surface area contributed by atoms with Crippen LogP contribution in [0.1, 0.15) is 15.9 Å². The van der Waals surface area contributed by atoms with Gasteiger partial charge < -0.3 is 25.4 Å². The Balaban J connectivity index is 1.24. The fourth-order valence-electron chi connectivity index (χ4n) is 4.36. The molecule has 0 saturated carbocycles. The molecule has 5 aromatic rings. The summed E-state index contributed by atoms with van der Waals surface area (Å²) in [5.41, 5.74) is 1.92. The van der Waals surface area contributed by atoms with Gasteiger partial charge in [0.2, 0.25) is 5.91 Å². The van der Waals surface area contributed by atoms with Crippen molar-refractivity contribution in [2.24, 2.45) is 0 Å². The number of nitrogens with one attached hydrogen (secondary N) is 3. The zero-order valence-electron chi connectivity index (χ0n) is 25.6. The van der Waals surface area contributed by atoms with Gasteiger partial charge in [0, 0.05) is 32.7 Å². The summed E-state index contributed by atoms with van der Waals surface area (Å²) in [4.78, 5) is 44.3. The number of thioether (sulfide) groups is 1. The Kier molecular flexibility index (Phi) is 11.5. The minimum atomic E-state index is -0.701. The van der Waals surface area contributed by atoms with E-state index in [4.69, 9.17) is 21.1 Å². The highest BCUT2D eigenvalue weighted by molar-refractivity contribution is 8.00. The van der Waals surface area contributed by atoms with Crippen molar-refractivity contribution in [3.63, 3.8) is 0 Å². The van der Waals surface area contributed by atoms with Crippen molar-refractivity contribution in [1.29, 1.82) is 0 Å². The molecular weight excluding hydrogens is 675 g/mol. The summed E-state index contributed by atoms with van der Waals surface area (Å²) in [5, 5.41) is 10.5. The van der Waals surface area contributed by atoms with Gasteiger partial charge in [-0.25, -0.2) is 9.37 Å². The second-order valence-corrected chi connectivity index (χ2v) is 12.3. The summed E-state index contributed by atoms with van der Waals surface area (Å²) in [7, 11) is 3.12. The lowest BCUT2D eigenvalue weighted by molar-refractivity contribution is -0.114. The number of amides is 3. The van der Waals surface area contributed by atoms with Crippen LogP contribution in [0.4, 0.5) is 15.2 Å². The van der Waals surface area contributed by atoms with Gasteiger partial charge in [0.25, 0.3) is 11.8 Å². The first-order chi connectivity index (χ1) is 23.2. The van der Waals surface area contributed by atoms with Gasteiger partial charge in [0.05, 0.1) is 30.7 Å². The van der Waals surface area contributed by atoms with Gasteiger partial charge in [-0.2, -0.15) is 0 Å². The zero-order valence-corrected chi connectivity index (χ0v) is 28.0. The summed E-state index contributed by atoms with van der Waals surface area (Å²) in [6.45, 7) is 0. The van der Waals surface area contributed by atoms with E-state index in [9.17, 15) is 18.8 Å². The van der Waals surface area contributed by atoms with Crippen LogP contribution in [0.15, 0.2) is 107 Å². The third kappa shape index (κ3) is 8.79. The third-order valence-corrected chi connectivity index (χ3v) is 8.79. The molecule has 0 aliphatic heterocycles. The number of nitrogens with zero attached hydrogens (tertiary/aromatic N) is 1. The summed E-state index contributed by atoms with van der Waals surface area (Å²) in [5.74, 6) is -0.936. The lowest BCUT2D eigenvalue weighted by Crippen LogP contribution is -2.30. The van der Waals surface area contributed by atoms with Crippen molar-refractivity contribution < 1.29 is 28.2 Å². The maximum absolute atomic E-state index is 14.6. The normalized spacial score (nSPS) is 11.0. The molecule has 4 aromatic carbocycles. The number of halogens is 2. The van der Waals surface area contributed by atoms with Crippen molar-refractivity contribution in [2.75, 3.05) is 30.6 Å². The smallest absolute Gasteiger partial charge is 0.272 e. The molecular formula is C35H28ClFN4O5S2. The summed E-state index contributed by atoms with van der Waals surface area (Å²) in [6.07, 6.45) is 1.19. The summed E-state index contributed by atoms with van der Waals surface area (Å²) >= 11 is 8.75. The quantitative estimate of drug-likeness (QED) is 0.0898. The molecule has 5 rings (SSSR count). The van der Waals surface area contributed by atoms with Gasteiger partial charge in [-0.1, -0.05) is 41.9 Å². The molecule has 0 spiro atoms. The number of hydrogen-bond donors (Lipinski definition) is 3. The van der Waals surface area contributed by atoms with Gasteiger partial charge in [-0.05, 0) is 66.7 Å². The second-order valence-electron chi connectivity index (χ2n) is 9.94. The molecule has 1 heterocycles. The van der Waals surface area contributed by atoms with Crippen LogP contribution in [-0.2, 0) is 9.59 Å². The fraction of sp³-hybridized carbons (Fsp3) is 0.0857. The van der Waals surface area contributed by atoms with Gasteiger partial charge >= 0.3 is 0 Å². The van der Waals surface area contributed by atoms with Crippen LogP contribution in [0, 0.1) is 5.82 Å². The first-order valence-electron chi connectivity index (χ1n) is 14.3. The van der Waals surface area contributed by atoms with Crippen LogP contribution in [0.2, 0.25) is 5.02 Å². The van der Waals surface area contributed by atoms with Crippen LogP contribution in [-0.4, -0.2) is 42.7 Å². The number of ether oxygens (including phenoxy) is 2. The van der Waals surface area contributed by atoms with Crippen LogP contribution in [0.3, 0.4) is 0 Å². The molecule has 0 unspecified atom stereocenters. The number of carbonyl (C=O) groups excluding carboxylic acids is 3. The van der Waals surface area contributed by atoms with Crippen molar-refractivity contribution >= 4 is 69.3 Å². The van der Waals surface area contributed by atoms with E-state index in [-0.39, 0.29) is 27.9 Å². The highest BCUT2D eigenvalue weighted by Crippen LogP contribution is 2.33. The molecule has 244 valence electrons. The van der Waals surface area contributed by atoms with Crippen LogP contribution < -0.4 is 25.4 Å². The molecule has 13 heteroatoms. The van der Waals surface area contributed by atoms with E-state index in [1.807, 2.05) is 17.5 Å². The Labute approximate surface area is 289 Å². The molecule has 1 aromatic heterocycles. The number of thiazole rings is 1. The predicted octanol–water partition coefficient (Wildman–Crippen LogP) is 7.76. The highest BCUT2D eigenvalue weighted by atomic mass is 35.5. The first kappa shape index (κ1) is 34.2. The molecule has 48 heavy (non-hydrogen) atoms.